The van der Waals surface area contributed by atoms with Crippen molar-refractivity contribution in [2.75, 3.05) is 5.73 Å². The lowest BCUT2D eigenvalue weighted by Gasteiger charge is -1.94. The topological polar surface area (TPSA) is 89.4 Å². The Kier molecular flexibility index (Phi) is 1.78. The molecule has 5 nitrogen and oxygen atoms in total. The van der Waals surface area contributed by atoms with E-state index < -0.39 is 4.92 Å². The zero-order valence-electron chi connectivity index (χ0n) is 6.93. The van der Waals surface area contributed by atoms with Gasteiger partial charge in [0.2, 0.25) is 0 Å². The summed E-state index contributed by atoms with van der Waals surface area (Å²) in [6, 6.07) is 4.61. The van der Waals surface area contributed by atoms with E-state index in [1.807, 2.05) is 0 Å². The van der Waals surface area contributed by atoms with Crippen LogP contribution < -0.4 is 5.73 Å². The number of anilines is 1. The Hall–Kier alpha value is -1.82. The number of rotatable bonds is 1. The summed E-state index contributed by atoms with van der Waals surface area (Å²) in [5.74, 6) is 0. The number of aromatic hydroxyl groups is 1. The molecular formula is C8H6N2O3S. The molecule has 2 rings (SSSR count). The number of non-ortho nitro benzene ring substituents is 1. The lowest BCUT2D eigenvalue weighted by molar-refractivity contribution is -0.383. The minimum Gasteiger partial charge on any atom is -0.498 e. The SMILES string of the molecule is Nc1c(O)sc2cccc([N+](=O)[O-])c12. The van der Waals surface area contributed by atoms with Gasteiger partial charge in [-0.1, -0.05) is 17.4 Å². The third-order valence-corrected chi connectivity index (χ3v) is 2.88. The lowest BCUT2D eigenvalue weighted by Crippen LogP contribution is -1.90. The van der Waals surface area contributed by atoms with Crippen molar-refractivity contribution in [1.82, 2.24) is 0 Å². The van der Waals surface area contributed by atoms with Crippen LogP contribution in [0.4, 0.5) is 11.4 Å². The van der Waals surface area contributed by atoms with Crippen molar-refractivity contribution < 1.29 is 10.0 Å². The van der Waals surface area contributed by atoms with Gasteiger partial charge in [0.05, 0.1) is 10.3 Å². The number of benzene rings is 1. The first-order valence-electron chi connectivity index (χ1n) is 3.75. The molecule has 2 aromatic rings. The third-order valence-electron chi connectivity index (χ3n) is 1.91. The maximum Gasteiger partial charge on any atom is 0.280 e. The molecule has 0 radical (unpaired) electrons. The molecule has 0 atom stereocenters. The van der Waals surface area contributed by atoms with E-state index in [1.165, 1.54) is 6.07 Å². The van der Waals surface area contributed by atoms with Crippen LogP contribution in [0.5, 0.6) is 5.06 Å². The van der Waals surface area contributed by atoms with E-state index in [1.54, 1.807) is 12.1 Å². The molecule has 0 saturated carbocycles. The Morgan fingerprint density at radius 2 is 2.21 bits per heavy atom. The van der Waals surface area contributed by atoms with Gasteiger partial charge in [-0.05, 0) is 6.07 Å². The molecule has 0 aliphatic rings. The molecule has 0 fully saturated rings. The Morgan fingerprint density at radius 1 is 1.50 bits per heavy atom. The molecule has 1 heterocycles. The van der Waals surface area contributed by atoms with Crippen molar-refractivity contribution in [3.8, 4) is 5.06 Å². The molecule has 0 aliphatic heterocycles. The first kappa shape index (κ1) is 8.76. The molecule has 0 saturated heterocycles. The van der Waals surface area contributed by atoms with Gasteiger partial charge < -0.3 is 10.8 Å². The van der Waals surface area contributed by atoms with Crippen molar-refractivity contribution in [2.45, 2.75) is 0 Å². The molecular weight excluding hydrogens is 204 g/mol. The molecule has 0 aliphatic carbocycles. The summed E-state index contributed by atoms with van der Waals surface area (Å²) in [5, 5.41) is 20.2. The highest BCUT2D eigenvalue weighted by Crippen LogP contribution is 2.43. The van der Waals surface area contributed by atoms with Gasteiger partial charge in [-0.25, -0.2) is 0 Å². The second-order valence-corrected chi connectivity index (χ2v) is 3.76. The van der Waals surface area contributed by atoms with Crippen LogP contribution in [0.25, 0.3) is 10.1 Å². The summed E-state index contributed by atoms with van der Waals surface area (Å²) in [7, 11) is 0. The molecule has 72 valence electrons. The third kappa shape index (κ3) is 1.08. The Labute approximate surface area is 82.5 Å². The van der Waals surface area contributed by atoms with Gasteiger partial charge in [0, 0.05) is 10.8 Å². The smallest absolute Gasteiger partial charge is 0.280 e. The van der Waals surface area contributed by atoms with Crippen molar-refractivity contribution in [3.63, 3.8) is 0 Å². The van der Waals surface area contributed by atoms with Crippen LogP contribution in [0.1, 0.15) is 0 Å². The summed E-state index contributed by atoms with van der Waals surface area (Å²) in [5.41, 5.74) is 5.54. The Balaban J connectivity index is 2.91. The zero-order valence-corrected chi connectivity index (χ0v) is 7.75. The second kappa shape index (κ2) is 2.85. The molecule has 14 heavy (non-hydrogen) atoms. The highest BCUT2D eigenvalue weighted by Gasteiger charge is 2.18. The summed E-state index contributed by atoms with van der Waals surface area (Å²) in [6.45, 7) is 0. The first-order valence-corrected chi connectivity index (χ1v) is 4.57. The summed E-state index contributed by atoms with van der Waals surface area (Å²) < 4.78 is 0.620. The van der Waals surface area contributed by atoms with E-state index in [0.29, 0.717) is 10.1 Å². The number of nitrogens with zero attached hydrogens (tertiary/aromatic N) is 1. The number of nitro benzene ring substituents is 1. The van der Waals surface area contributed by atoms with Gasteiger partial charge >= 0.3 is 0 Å². The maximum absolute atomic E-state index is 10.6. The van der Waals surface area contributed by atoms with Gasteiger partial charge in [0.15, 0.2) is 5.06 Å². The average molecular weight is 210 g/mol. The number of nitro groups is 1. The predicted molar refractivity (Wildman–Crippen MR) is 54.6 cm³/mol. The van der Waals surface area contributed by atoms with Crippen molar-refractivity contribution in [2.24, 2.45) is 0 Å². The van der Waals surface area contributed by atoms with Crippen LogP contribution in [0.3, 0.4) is 0 Å². The van der Waals surface area contributed by atoms with Crippen LogP contribution in [0.2, 0.25) is 0 Å². The molecule has 1 aromatic carbocycles. The largest absolute Gasteiger partial charge is 0.498 e. The Morgan fingerprint density at radius 3 is 2.86 bits per heavy atom. The van der Waals surface area contributed by atoms with Crippen LogP contribution in [-0.4, -0.2) is 10.0 Å². The van der Waals surface area contributed by atoms with Crippen molar-refractivity contribution in [1.29, 1.82) is 0 Å². The van der Waals surface area contributed by atoms with Gasteiger partial charge in [-0.3, -0.25) is 10.1 Å². The van der Waals surface area contributed by atoms with Crippen molar-refractivity contribution in [3.05, 3.63) is 28.3 Å². The minimum absolute atomic E-state index is 0.0726. The minimum atomic E-state index is -0.509. The first-order chi connectivity index (χ1) is 6.61. The highest BCUT2D eigenvalue weighted by atomic mass is 32.1. The predicted octanol–water partition coefficient (Wildman–Crippen LogP) is 2.10. The maximum atomic E-state index is 10.6. The molecule has 0 spiro atoms. The molecule has 0 unspecified atom stereocenters. The monoisotopic (exact) mass is 210 g/mol. The van der Waals surface area contributed by atoms with E-state index in [4.69, 9.17) is 5.73 Å². The average Bonchev–Trinajstić information content (AvgIpc) is 2.43. The molecule has 0 bridgehead atoms. The molecule has 6 heteroatoms. The fourth-order valence-electron chi connectivity index (χ4n) is 1.29. The standard InChI is InChI=1S/C8H6N2O3S/c9-7-6-4(10(12)13)2-1-3-5(6)14-8(7)11/h1-3,11H,9H2. The highest BCUT2D eigenvalue weighted by molar-refractivity contribution is 7.21. The summed E-state index contributed by atoms with van der Waals surface area (Å²) >= 11 is 1.04. The van der Waals surface area contributed by atoms with Crippen LogP contribution in [-0.2, 0) is 0 Å². The van der Waals surface area contributed by atoms with Gasteiger partial charge in [0.25, 0.3) is 5.69 Å². The summed E-state index contributed by atoms with van der Waals surface area (Å²) in [6.07, 6.45) is 0. The number of nitrogen functional groups attached to an aromatic ring is 1. The fraction of sp³-hybridized carbons (Fsp3) is 0. The normalized spacial score (nSPS) is 10.6. The summed E-state index contributed by atoms with van der Waals surface area (Å²) in [4.78, 5) is 10.1. The van der Waals surface area contributed by atoms with Crippen LogP contribution in [0, 0.1) is 10.1 Å². The van der Waals surface area contributed by atoms with Gasteiger partial charge in [-0.2, -0.15) is 0 Å². The lowest BCUT2D eigenvalue weighted by atomic mass is 10.2. The number of hydrogen-bond donors (Lipinski definition) is 2. The number of thiophene rings is 1. The van der Waals surface area contributed by atoms with Crippen molar-refractivity contribution >= 4 is 32.8 Å². The van der Waals surface area contributed by atoms with E-state index in [2.05, 4.69) is 0 Å². The Bertz CT molecular complexity index is 521. The molecule has 1 aromatic heterocycles. The quantitative estimate of drug-likeness (QED) is 0.557. The number of hydrogen-bond acceptors (Lipinski definition) is 5. The van der Waals surface area contributed by atoms with Gasteiger partial charge in [-0.15, -0.1) is 0 Å². The van der Waals surface area contributed by atoms with E-state index in [-0.39, 0.29) is 16.4 Å². The van der Waals surface area contributed by atoms with Crippen LogP contribution >= 0.6 is 11.3 Å². The van der Waals surface area contributed by atoms with Gasteiger partial charge in [0.1, 0.15) is 5.69 Å². The van der Waals surface area contributed by atoms with Crippen LogP contribution in [0.15, 0.2) is 18.2 Å². The van der Waals surface area contributed by atoms with E-state index in [0.717, 1.165) is 11.3 Å². The van der Waals surface area contributed by atoms with E-state index >= 15 is 0 Å². The van der Waals surface area contributed by atoms with E-state index in [9.17, 15) is 15.2 Å². The fourth-order valence-corrected chi connectivity index (χ4v) is 2.18. The molecule has 0 amide bonds. The zero-order chi connectivity index (χ0) is 10.3. The number of fused-ring (bicyclic) bond motifs is 1. The molecule has 3 N–H and O–H groups in total. The second-order valence-electron chi connectivity index (χ2n) is 2.73. The number of nitrogens with two attached hydrogens (primary N) is 1.